The molecule has 1 heterocycles. The fraction of sp³-hybridized carbons (Fsp3) is 0.333. The average molecular weight is 377 g/mol. The fourth-order valence-corrected chi connectivity index (χ4v) is 3.70. The molecule has 1 N–H and O–H groups in total. The Morgan fingerprint density at radius 1 is 0.857 bits per heavy atom. The summed E-state index contributed by atoms with van der Waals surface area (Å²) in [6.07, 6.45) is 1.03. The van der Waals surface area contributed by atoms with Gasteiger partial charge in [0.05, 0.1) is 7.11 Å². The van der Waals surface area contributed by atoms with Crippen molar-refractivity contribution in [3.8, 4) is 11.5 Å². The minimum atomic E-state index is 0.529. The molecule has 0 spiro atoms. The molecule has 3 aromatic rings. The van der Waals surface area contributed by atoms with E-state index in [1.165, 1.54) is 16.3 Å². The number of methoxy groups -OCH3 is 1. The molecule has 28 heavy (non-hydrogen) atoms. The van der Waals surface area contributed by atoms with Gasteiger partial charge < -0.3 is 19.7 Å². The zero-order valence-electron chi connectivity index (χ0n) is 16.5. The second-order valence-corrected chi connectivity index (χ2v) is 7.30. The third-order valence-corrected chi connectivity index (χ3v) is 5.36. The number of hydrogen-bond donors (Lipinski definition) is 1. The number of nitrogens with zero attached hydrogens (tertiary/aromatic N) is 1. The number of ether oxygens (including phenoxy) is 2. The summed E-state index contributed by atoms with van der Waals surface area (Å²) in [7, 11) is 1.71. The van der Waals surface area contributed by atoms with Crippen LogP contribution < -0.4 is 14.8 Å². The van der Waals surface area contributed by atoms with Gasteiger partial charge >= 0.3 is 0 Å². The Morgan fingerprint density at radius 2 is 1.64 bits per heavy atom. The molecular weight excluding hydrogens is 348 g/mol. The van der Waals surface area contributed by atoms with Crippen LogP contribution in [0.4, 0.5) is 0 Å². The first kappa shape index (κ1) is 18.8. The van der Waals surface area contributed by atoms with Gasteiger partial charge in [-0.05, 0) is 46.5 Å². The molecule has 4 heteroatoms. The number of nitrogens with one attached hydrogen (secondary N) is 1. The van der Waals surface area contributed by atoms with Crippen LogP contribution in [0.25, 0.3) is 10.8 Å². The van der Waals surface area contributed by atoms with Crippen molar-refractivity contribution in [1.82, 2.24) is 10.2 Å². The van der Waals surface area contributed by atoms with Crippen molar-refractivity contribution >= 4 is 10.8 Å². The van der Waals surface area contributed by atoms with E-state index in [0.717, 1.165) is 56.2 Å². The van der Waals surface area contributed by atoms with Crippen molar-refractivity contribution < 1.29 is 9.47 Å². The van der Waals surface area contributed by atoms with E-state index in [1.807, 2.05) is 6.07 Å². The summed E-state index contributed by atoms with van der Waals surface area (Å²) in [5.41, 5.74) is 2.44. The molecule has 0 radical (unpaired) electrons. The maximum Gasteiger partial charge on any atom is 0.161 e. The van der Waals surface area contributed by atoms with E-state index < -0.39 is 0 Å². The van der Waals surface area contributed by atoms with Gasteiger partial charge in [-0.15, -0.1) is 0 Å². The molecule has 0 aliphatic carbocycles. The van der Waals surface area contributed by atoms with Gasteiger partial charge in [0.15, 0.2) is 11.5 Å². The smallest absolute Gasteiger partial charge is 0.161 e. The molecular formula is C24H28N2O2. The summed E-state index contributed by atoms with van der Waals surface area (Å²) in [6, 6.07) is 21.1. The average Bonchev–Trinajstić information content (AvgIpc) is 2.77. The summed E-state index contributed by atoms with van der Waals surface area (Å²) in [5, 5.41) is 5.88. The van der Waals surface area contributed by atoms with Crippen molar-refractivity contribution in [1.29, 1.82) is 0 Å². The minimum Gasteiger partial charge on any atom is -0.493 e. The molecule has 1 aliphatic heterocycles. The van der Waals surface area contributed by atoms with Crippen LogP contribution in [-0.4, -0.2) is 44.7 Å². The molecule has 1 aliphatic rings. The highest BCUT2D eigenvalue weighted by atomic mass is 16.5. The molecule has 3 aromatic carbocycles. The summed E-state index contributed by atoms with van der Waals surface area (Å²) >= 11 is 0. The third kappa shape index (κ3) is 4.64. The van der Waals surface area contributed by atoms with Gasteiger partial charge in [0, 0.05) is 32.7 Å². The number of fused-ring (bicyclic) bond motifs is 1. The zero-order chi connectivity index (χ0) is 19.2. The predicted octanol–water partition coefficient (Wildman–Crippen LogP) is 3.88. The van der Waals surface area contributed by atoms with Crippen molar-refractivity contribution in [3.05, 3.63) is 71.8 Å². The normalized spacial score (nSPS) is 14.9. The van der Waals surface area contributed by atoms with E-state index in [9.17, 15) is 0 Å². The first-order chi connectivity index (χ1) is 13.8. The lowest BCUT2D eigenvalue weighted by atomic mass is 10.1. The molecule has 1 saturated heterocycles. The van der Waals surface area contributed by atoms with E-state index in [4.69, 9.17) is 9.47 Å². The van der Waals surface area contributed by atoms with Gasteiger partial charge in [-0.2, -0.15) is 0 Å². The Hall–Kier alpha value is -2.56. The quantitative estimate of drug-likeness (QED) is 0.679. The summed E-state index contributed by atoms with van der Waals surface area (Å²) in [5.74, 6) is 1.60. The topological polar surface area (TPSA) is 33.7 Å². The lowest BCUT2D eigenvalue weighted by Crippen LogP contribution is -2.44. The van der Waals surface area contributed by atoms with Gasteiger partial charge in [-0.3, -0.25) is 0 Å². The number of hydrogen-bond acceptors (Lipinski definition) is 4. The Bertz CT molecular complexity index is 919. The fourth-order valence-electron chi connectivity index (χ4n) is 3.70. The van der Waals surface area contributed by atoms with Gasteiger partial charge in [-0.25, -0.2) is 0 Å². The standard InChI is InChI=1S/C24H28N2O2/c1-27-24-17-19(10-13-26-14-11-25-12-15-26)7-9-23(24)28-18-20-6-8-21-4-2-3-5-22(21)16-20/h2-9,16-17,25H,10-15,18H2,1H3. The van der Waals surface area contributed by atoms with Crippen molar-refractivity contribution in [2.45, 2.75) is 13.0 Å². The monoisotopic (exact) mass is 376 g/mol. The van der Waals surface area contributed by atoms with E-state index in [2.05, 4.69) is 64.8 Å². The van der Waals surface area contributed by atoms with Gasteiger partial charge in [0.2, 0.25) is 0 Å². The first-order valence-corrected chi connectivity index (χ1v) is 10.0. The molecule has 0 amide bonds. The van der Waals surface area contributed by atoms with Crippen LogP contribution in [0.2, 0.25) is 0 Å². The van der Waals surface area contributed by atoms with Crippen LogP contribution in [0.5, 0.6) is 11.5 Å². The van der Waals surface area contributed by atoms with Gasteiger partial charge in [-0.1, -0.05) is 42.5 Å². The highest BCUT2D eigenvalue weighted by molar-refractivity contribution is 5.82. The van der Waals surface area contributed by atoms with Crippen LogP contribution in [0.3, 0.4) is 0 Å². The second kappa shape index (κ2) is 9.09. The molecule has 146 valence electrons. The lowest BCUT2D eigenvalue weighted by molar-refractivity contribution is 0.243. The molecule has 0 atom stereocenters. The molecule has 0 unspecified atom stereocenters. The maximum absolute atomic E-state index is 6.07. The second-order valence-electron chi connectivity index (χ2n) is 7.30. The van der Waals surface area contributed by atoms with Crippen molar-refractivity contribution in [3.63, 3.8) is 0 Å². The molecule has 0 aromatic heterocycles. The summed E-state index contributed by atoms with van der Waals surface area (Å²) in [6.45, 7) is 6.05. The van der Waals surface area contributed by atoms with E-state index in [0.29, 0.717) is 6.61 Å². The molecule has 1 fully saturated rings. The van der Waals surface area contributed by atoms with E-state index in [-0.39, 0.29) is 0 Å². The number of rotatable bonds is 7. The summed E-state index contributed by atoms with van der Waals surface area (Å²) in [4.78, 5) is 2.51. The number of piperazine rings is 1. The van der Waals surface area contributed by atoms with Crippen LogP contribution in [0.15, 0.2) is 60.7 Å². The number of benzene rings is 3. The van der Waals surface area contributed by atoms with Crippen LogP contribution >= 0.6 is 0 Å². The Labute approximate surface area is 167 Å². The largest absolute Gasteiger partial charge is 0.493 e. The third-order valence-electron chi connectivity index (χ3n) is 5.36. The zero-order valence-corrected chi connectivity index (χ0v) is 16.5. The predicted molar refractivity (Wildman–Crippen MR) is 114 cm³/mol. The molecule has 0 bridgehead atoms. The Morgan fingerprint density at radius 3 is 2.46 bits per heavy atom. The van der Waals surface area contributed by atoms with E-state index in [1.54, 1.807) is 7.11 Å². The minimum absolute atomic E-state index is 0.529. The Balaban J connectivity index is 1.39. The lowest BCUT2D eigenvalue weighted by Gasteiger charge is -2.27. The van der Waals surface area contributed by atoms with Crippen LogP contribution in [0, 0.1) is 0 Å². The van der Waals surface area contributed by atoms with Gasteiger partial charge in [0.25, 0.3) is 0 Å². The van der Waals surface area contributed by atoms with Gasteiger partial charge in [0.1, 0.15) is 6.61 Å². The van der Waals surface area contributed by atoms with E-state index >= 15 is 0 Å². The highest BCUT2D eigenvalue weighted by Gasteiger charge is 2.11. The molecule has 4 nitrogen and oxygen atoms in total. The Kier molecular flexibility index (Phi) is 6.10. The summed E-state index contributed by atoms with van der Waals surface area (Å²) < 4.78 is 11.7. The van der Waals surface area contributed by atoms with Crippen LogP contribution in [-0.2, 0) is 13.0 Å². The van der Waals surface area contributed by atoms with Crippen molar-refractivity contribution in [2.24, 2.45) is 0 Å². The van der Waals surface area contributed by atoms with Crippen LogP contribution in [0.1, 0.15) is 11.1 Å². The molecule has 0 saturated carbocycles. The van der Waals surface area contributed by atoms with Crippen molar-refractivity contribution in [2.75, 3.05) is 39.8 Å². The molecule has 4 rings (SSSR count). The highest BCUT2D eigenvalue weighted by Crippen LogP contribution is 2.29. The maximum atomic E-state index is 6.07. The first-order valence-electron chi connectivity index (χ1n) is 10.0. The SMILES string of the molecule is COc1cc(CCN2CCNCC2)ccc1OCc1ccc2ccccc2c1.